The molecule has 3 aromatic rings. The smallest absolute Gasteiger partial charge is 0.300 e. The van der Waals surface area contributed by atoms with Gasteiger partial charge in [-0.15, -0.1) is 0 Å². The molecule has 0 aliphatic carbocycles. The Kier molecular flexibility index (Phi) is 6.74. The fourth-order valence-corrected chi connectivity index (χ4v) is 4.89. The van der Waals surface area contributed by atoms with Gasteiger partial charge >= 0.3 is 0 Å². The number of Topliss-reactive ketones (excluding diaryl/α,β-unsaturated/α-hetero) is 1. The summed E-state index contributed by atoms with van der Waals surface area (Å²) in [5.41, 5.74) is 3.77. The van der Waals surface area contributed by atoms with E-state index in [0.717, 1.165) is 29.7 Å². The molecule has 1 N–H and O–H groups in total. The second kappa shape index (κ2) is 10.1. The number of fused-ring (bicyclic) bond motifs is 1. The Morgan fingerprint density at radius 1 is 1.08 bits per heavy atom. The number of hydrogen-bond donors (Lipinski definition) is 1. The molecule has 6 nitrogen and oxygen atoms in total. The van der Waals surface area contributed by atoms with Gasteiger partial charge in [-0.05, 0) is 84.8 Å². The van der Waals surface area contributed by atoms with Gasteiger partial charge in [0, 0.05) is 11.3 Å². The quantitative estimate of drug-likeness (QED) is 0.258. The van der Waals surface area contributed by atoms with Crippen molar-refractivity contribution in [1.82, 2.24) is 0 Å². The zero-order valence-electron chi connectivity index (χ0n) is 21.4. The van der Waals surface area contributed by atoms with Crippen LogP contribution in [0, 0.1) is 12.8 Å². The van der Waals surface area contributed by atoms with Crippen molar-refractivity contribution in [2.75, 3.05) is 18.1 Å². The van der Waals surface area contributed by atoms with Crippen molar-refractivity contribution in [1.29, 1.82) is 0 Å². The molecule has 1 unspecified atom stereocenters. The number of nitrogens with zero attached hydrogens (tertiary/aromatic N) is 1. The van der Waals surface area contributed by atoms with Crippen LogP contribution in [-0.2, 0) is 16.0 Å². The number of carbonyl (C=O) groups is 2. The number of amides is 1. The van der Waals surface area contributed by atoms with Crippen LogP contribution in [0.2, 0.25) is 0 Å². The van der Waals surface area contributed by atoms with Crippen LogP contribution < -0.4 is 14.4 Å². The summed E-state index contributed by atoms with van der Waals surface area (Å²) in [6.45, 7) is 7.28. The van der Waals surface area contributed by atoms with Gasteiger partial charge in [0.2, 0.25) is 0 Å². The summed E-state index contributed by atoms with van der Waals surface area (Å²) in [7, 11) is 0. The van der Waals surface area contributed by atoms with E-state index < -0.39 is 17.7 Å². The van der Waals surface area contributed by atoms with Gasteiger partial charge in [-0.1, -0.05) is 38.1 Å². The first kappa shape index (κ1) is 24.6. The highest BCUT2D eigenvalue weighted by Gasteiger charge is 2.47. The molecule has 1 fully saturated rings. The average molecular weight is 498 g/mol. The molecule has 5 rings (SSSR count). The first-order valence-corrected chi connectivity index (χ1v) is 12.7. The van der Waals surface area contributed by atoms with Gasteiger partial charge in [0.25, 0.3) is 11.7 Å². The maximum Gasteiger partial charge on any atom is 0.300 e. The molecule has 1 saturated heterocycles. The molecule has 3 aromatic carbocycles. The SMILES string of the molecule is Cc1cccc(N2C(=O)C(=O)/C(=C(\O)c3ccc4c(c3)CCCO4)C2c2cccc(OCC(C)C)c2)c1. The van der Waals surface area contributed by atoms with Gasteiger partial charge in [-0.25, -0.2) is 0 Å². The van der Waals surface area contributed by atoms with E-state index in [0.29, 0.717) is 41.7 Å². The lowest BCUT2D eigenvalue weighted by atomic mass is 9.93. The third-order valence-electron chi connectivity index (χ3n) is 6.66. The second-order valence-corrected chi connectivity index (χ2v) is 10.1. The third kappa shape index (κ3) is 4.84. The van der Waals surface area contributed by atoms with Crippen molar-refractivity contribution in [3.05, 3.63) is 94.6 Å². The van der Waals surface area contributed by atoms with E-state index in [2.05, 4.69) is 13.8 Å². The summed E-state index contributed by atoms with van der Waals surface area (Å²) in [6, 6.07) is 19.5. The van der Waals surface area contributed by atoms with Crippen LogP contribution in [0.15, 0.2) is 72.3 Å². The van der Waals surface area contributed by atoms with Gasteiger partial charge in [-0.3, -0.25) is 14.5 Å². The van der Waals surface area contributed by atoms with Crippen LogP contribution in [0.4, 0.5) is 5.69 Å². The molecule has 6 heteroatoms. The number of hydrogen-bond acceptors (Lipinski definition) is 5. The highest BCUT2D eigenvalue weighted by Crippen LogP contribution is 2.43. The zero-order chi connectivity index (χ0) is 26.1. The number of carbonyl (C=O) groups excluding carboxylic acids is 2. The minimum atomic E-state index is -0.809. The molecule has 1 atom stereocenters. The fourth-order valence-electron chi connectivity index (χ4n) is 4.89. The minimum absolute atomic E-state index is 0.0594. The Hall–Kier alpha value is -4.06. The molecule has 0 bridgehead atoms. The van der Waals surface area contributed by atoms with Gasteiger partial charge < -0.3 is 14.6 Å². The second-order valence-electron chi connectivity index (χ2n) is 10.1. The van der Waals surface area contributed by atoms with Gasteiger partial charge in [0.1, 0.15) is 17.3 Å². The highest BCUT2D eigenvalue weighted by atomic mass is 16.5. The Labute approximate surface area is 217 Å². The lowest BCUT2D eigenvalue weighted by Gasteiger charge is -2.26. The molecular formula is C31H31NO5. The van der Waals surface area contributed by atoms with Gasteiger partial charge in [0.05, 0.1) is 24.8 Å². The minimum Gasteiger partial charge on any atom is -0.507 e. The number of aliphatic hydroxyl groups excluding tert-OH is 1. The molecule has 2 aliphatic heterocycles. The Balaban J connectivity index is 1.66. The zero-order valence-corrected chi connectivity index (χ0v) is 21.4. The maximum atomic E-state index is 13.5. The molecule has 37 heavy (non-hydrogen) atoms. The Morgan fingerprint density at radius 3 is 2.68 bits per heavy atom. The van der Waals surface area contributed by atoms with E-state index in [1.165, 1.54) is 4.90 Å². The average Bonchev–Trinajstić information content (AvgIpc) is 3.17. The topological polar surface area (TPSA) is 76.1 Å². The summed E-state index contributed by atoms with van der Waals surface area (Å²) in [4.78, 5) is 28.4. The number of rotatable bonds is 6. The van der Waals surface area contributed by atoms with Crippen LogP contribution in [0.25, 0.3) is 5.76 Å². The lowest BCUT2D eigenvalue weighted by Crippen LogP contribution is -2.29. The van der Waals surface area contributed by atoms with Crippen molar-refractivity contribution in [3.63, 3.8) is 0 Å². The van der Waals surface area contributed by atoms with E-state index in [4.69, 9.17) is 9.47 Å². The Bertz CT molecular complexity index is 1390. The molecule has 0 radical (unpaired) electrons. The van der Waals surface area contributed by atoms with E-state index >= 15 is 0 Å². The first-order chi connectivity index (χ1) is 17.8. The molecule has 2 aliphatic rings. The largest absolute Gasteiger partial charge is 0.507 e. The summed E-state index contributed by atoms with van der Waals surface area (Å²) in [5, 5.41) is 11.5. The monoisotopic (exact) mass is 497 g/mol. The highest BCUT2D eigenvalue weighted by molar-refractivity contribution is 6.51. The lowest BCUT2D eigenvalue weighted by molar-refractivity contribution is -0.132. The molecule has 2 heterocycles. The first-order valence-electron chi connectivity index (χ1n) is 12.7. The van der Waals surface area contributed by atoms with Crippen LogP contribution in [0.3, 0.4) is 0 Å². The van der Waals surface area contributed by atoms with Crippen LogP contribution >= 0.6 is 0 Å². The predicted octanol–water partition coefficient (Wildman–Crippen LogP) is 5.98. The summed E-state index contributed by atoms with van der Waals surface area (Å²) in [6.07, 6.45) is 1.71. The number of aliphatic hydroxyl groups is 1. The summed E-state index contributed by atoms with van der Waals surface area (Å²) in [5.74, 6) is 0.190. The van der Waals surface area contributed by atoms with Crippen molar-refractivity contribution < 1.29 is 24.2 Å². The summed E-state index contributed by atoms with van der Waals surface area (Å²) < 4.78 is 11.7. The van der Waals surface area contributed by atoms with E-state index in [9.17, 15) is 14.7 Å². The number of aryl methyl sites for hydroxylation is 2. The van der Waals surface area contributed by atoms with Crippen molar-refractivity contribution >= 4 is 23.1 Å². The van der Waals surface area contributed by atoms with Crippen LogP contribution in [0.1, 0.15) is 48.6 Å². The standard InChI is InChI=1S/C31H31NO5/c1-19(2)18-37-25-11-5-8-22(17-25)28-27(29(33)23-12-13-26-21(16-23)9-6-14-36-26)30(34)31(35)32(28)24-10-4-7-20(3)15-24/h4-5,7-8,10-13,15-17,19,28,33H,6,9,14,18H2,1-3H3/b29-27-. The normalized spacial score (nSPS) is 18.6. The summed E-state index contributed by atoms with van der Waals surface area (Å²) >= 11 is 0. The number of benzene rings is 3. The van der Waals surface area contributed by atoms with E-state index in [1.807, 2.05) is 61.5 Å². The molecule has 0 saturated carbocycles. The number of ether oxygens (including phenoxy) is 2. The molecule has 0 aromatic heterocycles. The van der Waals surface area contributed by atoms with Crippen molar-refractivity contribution in [2.24, 2.45) is 5.92 Å². The Morgan fingerprint density at radius 2 is 1.89 bits per heavy atom. The molecular weight excluding hydrogens is 466 g/mol. The van der Waals surface area contributed by atoms with Gasteiger partial charge in [0.15, 0.2) is 0 Å². The van der Waals surface area contributed by atoms with E-state index in [1.54, 1.807) is 12.1 Å². The fraction of sp³-hybridized carbons (Fsp3) is 0.290. The van der Waals surface area contributed by atoms with Gasteiger partial charge in [-0.2, -0.15) is 0 Å². The van der Waals surface area contributed by atoms with Crippen molar-refractivity contribution in [2.45, 2.75) is 39.7 Å². The number of anilines is 1. The van der Waals surface area contributed by atoms with Crippen LogP contribution in [-0.4, -0.2) is 30.0 Å². The van der Waals surface area contributed by atoms with Crippen LogP contribution in [0.5, 0.6) is 11.5 Å². The van der Waals surface area contributed by atoms with Crippen molar-refractivity contribution in [3.8, 4) is 11.5 Å². The maximum absolute atomic E-state index is 13.5. The predicted molar refractivity (Wildman–Crippen MR) is 143 cm³/mol. The third-order valence-corrected chi connectivity index (χ3v) is 6.66. The molecule has 0 spiro atoms. The molecule has 190 valence electrons. The van der Waals surface area contributed by atoms with E-state index in [-0.39, 0.29) is 11.3 Å². The number of ketones is 1. The molecule has 1 amide bonds.